The highest BCUT2D eigenvalue weighted by Crippen LogP contribution is 2.43. The summed E-state index contributed by atoms with van der Waals surface area (Å²) in [6, 6.07) is 15.4. The molecule has 1 N–H and O–H groups in total. The lowest BCUT2D eigenvalue weighted by Gasteiger charge is -2.27. The number of fused-ring (bicyclic) bond motifs is 2. The Balaban J connectivity index is 1.58. The summed E-state index contributed by atoms with van der Waals surface area (Å²) in [6.07, 6.45) is 5.35. The average Bonchev–Trinajstić information content (AvgIpc) is 3.13. The Labute approximate surface area is 139 Å². The van der Waals surface area contributed by atoms with Crippen LogP contribution in [0.2, 0.25) is 0 Å². The molecular weight excluding hydrogens is 302 g/mol. The van der Waals surface area contributed by atoms with Crippen LogP contribution in [-0.4, -0.2) is 22.0 Å². The van der Waals surface area contributed by atoms with E-state index in [1.165, 1.54) is 0 Å². The molecule has 0 atom stereocenters. The molecule has 0 bridgehead atoms. The number of benzene rings is 2. The molecule has 0 saturated heterocycles. The standard InChI is InChI=1S/C19H17N3O2/c23-19(21-10-12-22-11-9-20-13-22)18-14-5-1-3-7-16(14)24-17-8-4-2-6-15(17)18/h1-9,11,13,18H,10,12H2,(H,21,23). The number of para-hydroxylation sites is 2. The second-order valence-electron chi connectivity index (χ2n) is 5.70. The van der Waals surface area contributed by atoms with Crippen molar-refractivity contribution in [3.8, 4) is 11.5 Å². The lowest BCUT2D eigenvalue weighted by molar-refractivity contribution is -0.121. The maximum atomic E-state index is 12.9. The predicted octanol–water partition coefficient (Wildman–Crippen LogP) is 2.94. The summed E-state index contributed by atoms with van der Waals surface area (Å²) in [5.74, 6) is 1.11. The molecule has 0 unspecified atom stereocenters. The number of carbonyl (C=O) groups excluding carboxylic acids is 1. The normalized spacial score (nSPS) is 12.8. The van der Waals surface area contributed by atoms with Gasteiger partial charge in [0.15, 0.2) is 0 Å². The third-order valence-corrected chi connectivity index (χ3v) is 4.17. The molecule has 0 spiro atoms. The van der Waals surface area contributed by atoms with Gasteiger partial charge in [0.25, 0.3) is 0 Å². The molecular formula is C19H17N3O2. The second kappa shape index (κ2) is 6.20. The molecule has 0 aliphatic carbocycles. The van der Waals surface area contributed by atoms with Crippen LogP contribution in [0.15, 0.2) is 67.3 Å². The quantitative estimate of drug-likeness (QED) is 0.804. The van der Waals surface area contributed by atoms with E-state index in [0.29, 0.717) is 13.1 Å². The molecule has 24 heavy (non-hydrogen) atoms. The van der Waals surface area contributed by atoms with Crippen LogP contribution in [0.4, 0.5) is 0 Å². The molecule has 120 valence electrons. The number of carbonyl (C=O) groups is 1. The van der Waals surface area contributed by atoms with Crippen LogP contribution >= 0.6 is 0 Å². The highest BCUT2D eigenvalue weighted by Gasteiger charge is 2.31. The van der Waals surface area contributed by atoms with Crippen molar-refractivity contribution in [2.75, 3.05) is 6.54 Å². The number of imidazole rings is 1. The second-order valence-corrected chi connectivity index (χ2v) is 5.70. The van der Waals surface area contributed by atoms with Crippen molar-refractivity contribution in [1.29, 1.82) is 0 Å². The van der Waals surface area contributed by atoms with E-state index in [9.17, 15) is 4.79 Å². The van der Waals surface area contributed by atoms with Crippen molar-refractivity contribution in [3.05, 3.63) is 78.4 Å². The number of aromatic nitrogens is 2. The van der Waals surface area contributed by atoms with Crippen molar-refractivity contribution in [1.82, 2.24) is 14.9 Å². The molecule has 2 aromatic carbocycles. The third kappa shape index (κ3) is 2.65. The Morgan fingerprint density at radius 1 is 1.08 bits per heavy atom. The topological polar surface area (TPSA) is 56.2 Å². The number of hydrogen-bond acceptors (Lipinski definition) is 3. The SMILES string of the molecule is O=C(NCCn1ccnc1)C1c2ccccc2Oc2ccccc21. The number of hydrogen-bond donors (Lipinski definition) is 1. The van der Waals surface area contributed by atoms with Gasteiger partial charge in [0, 0.05) is 36.6 Å². The molecule has 0 saturated carbocycles. The minimum atomic E-state index is -0.353. The van der Waals surface area contributed by atoms with Crippen LogP contribution < -0.4 is 10.1 Å². The third-order valence-electron chi connectivity index (χ3n) is 4.17. The van der Waals surface area contributed by atoms with Gasteiger partial charge in [-0.15, -0.1) is 0 Å². The minimum Gasteiger partial charge on any atom is -0.457 e. The lowest BCUT2D eigenvalue weighted by atomic mass is 9.87. The van der Waals surface area contributed by atoms with Crippen LogP contribution in [-0.2, 0) is 11.3 Å². The fraction of sp³-hybridized carbons (Fsp3) is 0.158. The molecule has 0 fully saturated rings. The summed E-state index contributed by atoms with van der Waals surface area (Å²) in [5, 5.41) is 3.03. The number of amides is 1. The zero-order valence-electron chi connectivity index (χ0n) is 13.1. The lowest BCUT2D eigenvalue weighted by Crippen LogP contribution is -2.33. The fourth-order valence-corrected chi connectivity index (χ4v) is 3.02. The van der Waals surface area contributed by atoms with Gasteiger partial charge in [0.05, 0.1) is 12.2 Å². The summed E-state index contributed by atoms with van der Waals surface area (Å²) < 4.78 is 7.87. The van der Waals surface area contributed by atoms with Crippen molar-refractivity contribution in [3.63, 3.8) is 0 Å². The number of nitrogens with one attached hydrogen (secondary N) is 1. The summed E-state index contributed by atoms with van der Waals surface area (Å²) in [4.78, 5) is 16.9. The average molecular weight is 319 g/mol. The van der Waals surface area contributed by atoms with Gasteiger partial charge in [-0.1, -0.05) is 36.4 Å². The molecule has 1 aliphatic rings. The van der Waals surface area contributed by atoms with E-state index in [0.717, 1.165) is 22.6 Å². The summed E-state index contributed by atoms with van der Waals surface area (Å²) >= 11 is 0. The molecule has 0 radical (unpaired) electrons. The Bertz CT molecular complexity index is 813. The van der Waals surface area contributed by atoms with Crippen molar-refractivity contribution in [2.24, 2.45) is 0 Å². The predicted molar refractivity (Wildman–Crippen MR) is 90.0 cm³/mol. The van der Waals surface area contributed by atoms with Gasteiger partial charge in [-0.05, 0) is 12.1 Å². The van der Waals surface area contributed by atoms with Gasteiger partial charge in [-0.3, -0.25) is 4.79 Å². The Morgan fingerprint density at radius 3 is 2.38 bits per heavy atom. The first-order valence-corrected chi connectivity index (χ1v) is 7.92. The van der Waals surface area contributed by atoms with Crippen LogP contribution in [0.1, 0.15) is 17.0 Å². The first-order chi connectivity index (χ1) is 11.8. The maximum Gasteiger partial charge on any atom is 0.232 e. The highest BCUT2D eigenvalue weighted by molar-refractivity contribution is 5.89. The molecule has 5 nitrogen and oxygen atoms in total. The van der Waals surface area contributed by atoms with Gasteiger partial charge in [0.2, 0.25) is 5.91 Å². The first-order valence-electron chi connectivity index (χ1n) is 7.92. The van der Waals surface area contributed by atoms with Gasteiger partial charge in [-0.2, -0.15) is 0 Å². The zero-order chi connectivity index (χ0) is 16.4. The van der Waals surface area contributed by atoms with E-state index in [1.54, 1.807) is 12.5 Å². The summed E-state index contributed by atoms with van der Waals surface area (Å²) in [7, 11) is 0. The van der Waals surface area contributed by atoms with Gasteiger partial charge in [0.1, 0.15) is 11.5 Å². The Hall–Kier alpha value is -3.08. The van der Waals surface area contributed by atoms with Crippen LogP contribution in [0.5, 0.6) is 11.5 Å². The maximum absolute atomic E-state index is 12.9. The van der Waals surface area contributed by atoms with Gasteiger partial charge < -0.3 is 14.6 Å². The summed E-state index contributed by atoms with van der Waals surface area (Å²) in [6.45, 7) is 1.25. The van der Waals surface area contributed by atoms with Crippen LogP contribution in [0.3, 0.4) is 0 Å². The van der Waals surface area contributed by atoms with Crippen molar-refractivity contribution in [2.45, 2.75) is 12.5 Å². The van der Waals surface area contributed by atoms with Crippen molar-refractivity contribution >= 4 is 5.91 Å². The van der Waals surface area contributed by atoms with E-state index in [1.807, 2.05) is 59.3 Å². The largest absolute Gasteiger partial charge is 0.457 e. The highest BCUT2D eigenvalue weighted by atomic mass is 16.5. The van der Waals surface area contributed by atoms with Crippen molar-refractivity contribution < 1.29 is 9.53 Å². The van der Waals surface area contributed by atoms with E-state index in [4.69, 9.17) is 4.74 Å². The van der Waals surface area contributed by atoms with E-state index < -0.39 is 0 Å². The smallest absolute Gasteiger partial charge is 0.232 e. The van der Waals surface area contributed by atoms with E-state index >= 15 is 0 Å². The number of nitrogens with zero attached hydrogens (tertiary/aromatic N) is 2. The molecule has 1 aromatic heterocycles. The molecule has 2 heterocycles. The Kier molecular flexibility index (Phi) is 3.75. The zero-order valence-corrected chi connectivity index (χ0v) is 13.1. The summed E-state index contributed by atoms with van der Waals surface area (Å²) in [5.41, 5.74) is 1.80. The minimum absolute atomic E-state index is 0.0154. The van der Waals surface area contributed by atoms with Gasteiger partial charge >= 0.3 is 0 Å². The molecule has 5 heteroatoms. The number of rotatable bonds is 4. The monoisotopic (exact) mass is 319 g/mol. The number of ether oxygens (including phenoxy) is 1. The molecule has 3 aromatic rings. The fourth-order valence-electron chi connectivity index (χ4n) is 3.02. The van der Waals surface area contributed by atoms with Crippen LogP contribution in [0.25, 0.3) is 0 Å². The van der Waals surface area contributed by atoms with Crippen LogP contribution in [0, 0.1) is 0 Å². The van der Waals surface area contributed by atoms with E-state index in [-0.39, 0.29) is 11.8 Å². The molecule has 4 rings (SSSR count). The molecule has 1 aliphatic heterocycles. The van der Waals surface area contributed by atoms with Gasteiger partial charge in [-0.25, -0.2) is 4.98 Å². The first kappa shape index (κ1) is 14.5. The Morgan fingerprint density at radius 2 is 1.75 bits per heavy atom. The molecule has 1 amide bonds. The van der Waals surface area contributed by atoms with E-state index in [2.05, 4.69) is 10.3 Å².